The van der Waals surface area contributed by atoms with Crippen LogP contribution in [0.3, 0.4) is 0 Å². The summed E-state index contributed by atoms with van der Waals surface area (Å²) in [6, 6.07) is 18.7. The van der Waals surface area contributed by atoms with Crippen molar-refractivity contribution < 1.29 is 22.7 Å². The molecule has 1 aromatic heterocycles. The Hall–Kier alpha value is -2.71. The van der Waals surface area contributed by atoms with E-state index < -0.39 is 11.7 Å². The van der Waals surface area contributed by atoms with Crippen molar-refractivity contribution >= 4 is 17.7 Å². The molecule has 170 valence electrons. The maximum absolute atomic E-state index is 13.0. The average Bonchev–Trinajstić information content (AvgIpc) is 3.21. The van der Waals surface area contributed by atoms with Gasteiger partial charge in [0.2, 0.25) is 5.91 Å². The van der Waals surface area contributed by atoms with Gasteiger partial charge < -0.3 is 14.2 Å². The Morgan fingerprint density at radius 1 is 1.06 bits per heavy atom. The highest BCUT2D eigenvalue weighted by Gasteiger charge is 2.30. The number of methoxy groups -OCH3 is 1. The zero-order valence-electron chi connectivity index (χ0n) is 17.7. The second kappa shape index (κ2) is 11.2. The minimum atomic E-state index is -4.38. The van der Waals surface area contributed by atoms with Crippen molar-refractivity contribution in [1.29, 1.82) is 0 Å². The molecule has 3 rings (SSSR count). The van der Waals surface area contributed by atoms with E-state index in [1.807, 2.05) is 53.2 Å². The fourth-order valence-electron chi connectivity index (χ4n) is 3.23. The molecule has 0 saturated carbocycles. The predicted octanol–water partition coefficient (Wildman–Crippen LogP) is 5.32. The van der Waals surface area contributed by atoms with Gasteiger partial charge in [-0.25, -0.2) is 0 Å². The minimum Gasteiger partial charge on any atom is -0.383 e. The van der Waals surface area contributed by atoms with Gasteiger partial charge in [-0.15, -0.1) is 11.8 Å². The molecule has 0 radical (unpaired) electrons. The first kappa shape index (κ1) is 23.9. The van der Waals surface area contributed by atoms with Crippen LogP contribution in [0.4, 0.5) is 13.2 Å². The molecule has 3 aromatic rings. The highest BCUT2D eigenvalue weighted by molar-refractivity contribution is 8.00. The summed E-state index contributed by atoms with van der Waals surface area (Å²) in [5, 5.41) is 0. The van der Waals surface area contributed by atoms with Gasteiger partial charge in [0.05, 0.1) is 24.5 Å². The van der Waals surface area contributed by atoms with E-state index in [9.17, 15) is 18.0 Å². The molecule has 0 aliphatic heterocycles. The number of rotatable bonds is 10. The maximum atomic E-state index is 13.0. The van der Waals surface area contributed by atoms with Crippen LogP contribution in [-0.2, 0) is 28.8 Å². The highest BCUT2D eigenvalue weighted by atomic mass is 32.2. The van der Waals surface area contributed by atoms with Gasteiger partial charge in [-0.1, -0.05) is 30.3 Å². The van der Waals surface area contributed by atoms with Crippen LogP contribution < -0.4 is 0 Å². The molecule has 1 heterocycles. The first-order valence-electron chi connectivity index (χ1n) is 10.1. The summed E-state index contributed by atoms with van der Waals surface area (Å²) in [4.78, 5) is 15.6. The molecule has 0 aliphatic rings. The lowest BCUT2D eigenvalue weighted by Crippen LogP contribution is -2.35. The van der Waals surface area contributed by atoms with E-state index in [0.29, 0.717) is 31.0 Å². The van der Waals surface area contributed by atoms with Crippen LogP contribution in [0.15, 0.2) is 77.8 Å². The summed E-state index contributed by atoms with van der Waals surface area (Å²) < 4.78 is 46.1. The standard InChI is InChI=1S/C24H25F3N2O2S/c1-31-14-13-29(23(30)18-32-22-10-3-2-4-11-22)17-21-9-6-12-28(21)16-19-7-5-8-20(15-19)24(25,26)27/h2-12,15H,13-14,16-18H2,1H3. The van der Waals surface area contributed by atoms with Crippen LogP contribution in [0.1, 0.15) is 16.8 Å². The van der Waals surface area contributed by atoms with E-state index in [0.717, 1.165) is 22.7 Å². The number of alkyl halides is 3. The molecule has 1 amide bonds. The van der Waals surface area contributed by atoms with E-state index in [1.54, 1.807) is 18.1 Å². The molecule has 0 fully saturated rings. The number of ether oxygens (including phenoxy) is 1. The molecule has 0 N–H and O–H groups in total. The van der Waals surface area contributed by atoms with Crippen molar-refractivity contribution in [3.63, 3.8) is 0 Å². The van der Waals surface area contributed by atoms with Crippen molar-refractivity contribution in [2.75, 3.05) is 26.0 Å². The van der Waals surface area contributed by atoms with E-state index in [4.69, 9.17) is 4.74 Å². The quantitative estimate of drug-likeness (QED) is 0.383. The fourth-order valence-corrected chi connectivity index (χ4v) is 4.05. The number of amides is 1. The lowest BCUT2D eigenvalue weighted by molar-refractivity contribution is -0.137. The number of halogens is 3. The lowest BCUT2D eigenvalue weighted by atomic mass is 10.1. The van der Waals surface area contributed by atoms with Gasteiger partial charge in [0, 0.05) is 37.0 Å². The van der Waals surface area contributed by atoms with Crippen LogP contribution >= 0.6 is 11.8 Å². The third-order valence-electron chi connectivity index (χ3n) is 4.91. The molecule has 0 unspecified atom stereocenters. The highest BCUT2D eigenvalue weighted by Crippen LogP contribution is 2.29. The summed E-state index contributed by atoms with van der Waals surface area (Å²) >= 11 is 1.47. The van der Waals surface area contributed by atoms with Crippen LogP contribution in [0.2, 0.25) is 0 Å². The van der Waals surface area contributed by atoms with Gasteiger partial charge in [0.15, 0.2) is 0 Å². The molecule has 32 heavy (non-hydrogen) atoms. The smallest absolute Gasteiger partial charge is 0.383 e. The Bertz CT molecular complexity index is 1010. The van der Waals surface area contributed by atoms with Crippen LogP contribution in [0, 0.1) is 0 Å². The Labute approximate surface area is 190 Å². The zero-order valence-corrected chi connectivity index (χ0v) is 18.5. The van der Waals surface area contributed by atoms with Crippen molar-refractivity contribution in [2.24, 2.45) is 0 Å². The summed E-state index contributed by atoms with van der Waals surface area (Å²) in [5.74, 6) is 0.268. The van der Waals surface area contributed by atoms with Gasteiger partial charge >= 0.3 is 6.18 Å². The summed E-state index contributed by atoms with van der Waals surface area (Å²) in [7, 11) is 1.58. The number of benzene rings is 2. The van der Waals surface area contributed by atoms with Gasteiger partial charge in [0.25, 0.3) is 0 Å². The van der Waals surface area contributed by atoms with Crippen molar-refractivity contribution in [2.45, 2.75) is 24.2 Å². The third kappa shape index (κ3) is 6.90. The molecule has 0 saturated heterocycles. The Kier molecular flexibility index (Phi) is 8.41. The second-order valence-corrected chi connectivity index (χ2v) is 8.28. The average molecular weight is 463 g/mol. The molecular formula is C24H25F3N2O2S. The number of carbonyl (C=O) groups is 1. The molecule has 4 nitrogen and oxygen atoms in total. The number of thioether (sulfide) groups is 1. The lowest BCUT2D eigenvalue weighted by Gasteiger charge is -2.23. The summed E-state index contributed by atoms with van der Waals surface area (Å²) in [6.07, 6.45) is -2.57. The van der Waals surface area contributed by atoms with Crippen LogP contribution in [0.5, 0.6) is 0 Å². The second-order valence-electron chi connectivity index (χ2n) is 7.24. The Morgan fingerprint density at radius 3 is 2.56 bits per heavy atom. The van der Waals surface area contributed by atoms with Crippen molar-refractivity contribution in [1.82, 2.24) is 9.47 Å². The summed E-state index contributed by atoms with van der Waals surface area (Å²) in [5.41, 5.74) is 0.724. The van der Waals surface area contributed by atoms with Gasteiger partial charge in [-0.3, -0.25) is 4.79 Å². The first-order chi connectivity index (χ1) is 15.4. The number of hydrogen-bond acceptors (Lipinski definition) is 3. The van der Waals surface area contributed by atoms with Crippen molar-refractivity contribution in [3.8, 4) is 0 Å². The summed E-state index contributed by atoms with van der Waals surface area (Å²) in [6.45, 7) is 1.47. The van der Waals surface area contributed by atoms with Crippen LogP contribution in [0.25, 0.3) is 0 Å². The number of nitrogens with zero attached hydrogens (tertiary/aromatic N) is 2. The van der Waals surface area contributed by atoms with Gasteiger partial charge in [-0.2, -0.15) is 13.2 Å². The van der Waals surface area contributed by atoms with Gasteiger partial charge in [0.1, 0.15) is 0 Å². The monoisotopic (exact) mass is 462 g/mol. The third-order valence-corrected chi connectivity index (χ3v) is 5.90. The molecule has 0 spiro atoms. The van der Waals surface area contributed by atoms with E-state index >= 15 is 0 Å². The van der Waals surface area contributed by atoms with Crippen LogP contribution in [-0.4, -0.2) is 41.4 Å². The maximum Gasteiger partial charge on any atom is 0.416 e. The SMILES string of the molecule is COCCN(Cc1cccn1Cc1cccc(C(F)(F)F)c1)C(=O)CSc1ccccc1. The van der Waals surface area contributed by atoms with E-state index in [1.165, 1.54) is 17.8 Å². The van der Waals surface area contributed by atoms with Crippen molar-refractivity contribution in [3.05, 3.63) is 89.7 Å². The molecule has 2 aromatic carbocycles. The normalized spacial score (nSPS) is 11.5. The predicted molar refractivity (Wildman–Crippen MR) is 119 cm³/mol. The first-order valence-corrected chi connectivity index (χ1v) is 11.1. The van der Waals surface area contributed by atoms with E-state index in [2.05, 4.69) is 0 Å². The van der Waals surface area contributed by atoms with E-state index in [-0.39, 0.29) is 12.5 Å². The molecule has 0 atom stereocenters. The number of aromatic nitrogens is 1. The Morgan fingerprint density at radius 2 is 1.84 bits per heavy atom. The molecule has 0 aliphatic carbocycles. The molecule has 0 bridgehead atoms. The number of carbonyl (C=O) groups excluding carboxylic acids is 1. The minimum absolute atomic E-state index is 0.0253. The largest absolute Gasteiger partial charge is 0.416 e. The number of hydrogen-bond donors (Lipinski definition) is 0. The molecule has 8 heteroatoms. The zero-order chi connectivity index (χ0) is 23.0. The fraction of sp³-hybridized carbons (Fsp3) is 0.292. The topological polar surface area (TPSA) is 34.5 Å². The Balaban J connectivity index is 1.70. The van der Waals surface area contributed by atoms with Gasteiger partial charge in [-0.05, 0) is 42.0 Å². The molecular weight excluding hydrogens is 437 g/mol.